The van der Waals surface area contributed by atoms with Crippen molar-refractivity contribution >= 4 is 23.4 Å². The Morgan fingerprint density at radius 2 is 1.59 bits per heavy atom. The molecule has 114 valence electrons. The molecule has 5 nitrogen and oxygen atoms in total. The molecule has 2 aromatic rings. The van der Waals surface area contributed by atoms with Crippen LogP contribution in [0.2, 0.25) is 0 Å². The van der Waals surface area contributed by atoms with Crippen LogP contribution in [0.1, 0.15) is 17.3 Å². The zero-order valence-electron chi connectivity index (χ0n) is 11.9. The molecule has 0 aliphatic rings. The van der Waals surface area contributed by atoms with Crippen molar-refractivity contribution < 1.29 is 18.7 Å². The van der Waals surface area contributed by atoms with Gasteiger partial charge < -0.3 is 15.4 Å². The smallest absolute Gasteiger partial charge is 0.340 e. The number of rotatable bonds is 4. The highest BCUT2D eigenvalue weighted by molar-refractivity contribution is 6.05. The molecule has 22 heavy (non-hydrogen) atoms. The Morgan fingerprint density at radius 1 is 1.00 bits per heavy atom. The second-order valence-corrected chi connectivity index (χ2v) is 4.33. The van der Waals surface area contributed by atoms with Gasteiger partial charge in [-0.25, -0.2) is 14.0 Å². The monoisotopic (exact) mass is 302 g/mol. The van der Waals surface area contributed by atoms with E-state index in [0.717, 1.165) is 0 Å². The number of anilines is 2. The van der Waals surface area contributed by atoms with Gasteiger partial charge in [-0.05, 0) is 31.2 Å². The van der Waals surface area contributed by atoms with Gasteiger partial charge in [-0.3, -0.25) is 0 Å². The Morgan fingerprint density at radius 3 is 2.27 bits per heavy atom. The maximum Gasteiger partial charge on any atom is 0.340 e. The summed E-state index contributed by atoms with van der Waals surface area (Å²) in [5, 5.41) is 4.89. The van der Waals surface area contributed by atoms with Gasteiger partial charge in [0, 0.05) is 0 Å². The maximum absolute atomic E-state index is 13.5. The fourth-order valence-corrected chi connectivity index (χ4v) is 1.82. The molecule has 0 aliphatic heterocycles. The van der Waals surface area contributed by atoms with Gasteiger partial charge >= 0.3 is 12.0 Å². The molecule has 0 atom stereocenters. The number of hydrogen-bond acceptors (Lipinski definition) is 3. The molecule has 0 aliphatic carbocycles. The minimum absolute atomic E-state index is 0.0496. The number of benzene rings is 2. The van der Waals surface area contributed by atoms with Crippen LogP contribution in [0, 0.1) is 5.82 Å². The van der Waals surface area contributed by atoms with Crippen LogP contribution in [-0.4, -0.2) is 18.6 Å². The molecular weight excluding hydrogens is 287 g/mol. The molecule has 6 heteroatoms. The number of halogens is 1. The molecule has 2 aromatic carbocycles. The summed E-state index contributed by atoms with van der Waals surface area (Å²) in [4.78, 5) is 23.7. The minimum atomic E-state index is -0.651. The zero-order valence-corrected chi connectivity index (χ0v) is 11.9. The number of hydrogen-bond donors (Lipinski definition) is 2. The molecule has 2 N–H and O–H groups in total. The molecule has 0 unspecified atom stereocenters. The number of ether oxygens (including phenoxy) is 1. The van der Waals surface area contributed by atoms with Crippen molar-refractivity contribution in [1.82, 2.24) is 0 Å². The predicted octanol–water partition coefficient (Wildman–Crippen LogP) is 3.65. The van der Waals surface area contributed by atoms with Crippen LogP contribution in [-0.2, 0) is 4.74 Å². The van der Waals surface area contributed by atoms with Crippen molar-refractivity contribution in [3.63, 3.8) is 0 Å². The zero-order chi connectivity index (χ0) is 15.9. The summed E-state index contributed by atoms with van der Waals surface area (Å²) in [6.45, 7) is 1.92. The highest BCUT2D eigenvalue weighted by Crippen LogP contribution is 2.18. The molecule has 0 bridgehead atoms. The third-order valence-corrected chi connectivity index (χ3v) is 2.79. The van der Waals surface area contributed by atoms with Gasteiger partial charge in [-0.15, -0.1) is 0 Å². The van der Waals surface area contributed by atoms with Crippen molar-refractivity contribution in [2.24, 2.45) is 0 Å². The van der Waals surface area contributed by atoms with E-state index in [-0.39, 0.29) is 23.5 Å². The normalized spacial score (nSPS) is 9.91. The predicted molar refractivity (Wildman–Crippen MR) is 81.4 cm³/mol. The largest absolute Gasteiger partial charge is 0.462 e. The van der Waals surface area contributed by atoms with Crippen LogP contribution in [0.25, 0.3) is 0 Å². The van der Waals surface area contributed by atoms with Gasteiger partial charge in [0.1, 0.15) is 5.82 Å². The lowest BCUT2D eigenvalue weighted by Crippen LogP contribution is -2.22. The lowest BCUT2D eigenvalue weighted by atomic mass is 10.2. The quantitative estimate of drug-likeness (QED) is 0.847. The summed E-state index contributed by atoms with van der Waals surface area (Å²) in [7, 11) is 0. The van der Waals surface area contributed by atoms with Crippen molar-refractivity contribution in [1.29, 1.82) is 0 Å². The number of para-hydroxylation sites is 2. The van der Waals surface area contributed by atoms with E-state index in [2.05, 4.69) is 10.6 Å². The SMILES string of the molecule is CCOC(=O)c1ccccc1NC(=O)Nc1ccccc1F. The van der Waals surface area contributed by atoms with Crippen molar-refractivity contribution in [2.75, 3.05) is 17.2 Å². The summed E-state index contributed by atoms with van der Waals surface area (Å²) in [6, 6.07) is 11.6. The topological polar surface area (TPSA) is 67.4 Å². The first-order chi connectivity index (χ1) is 10.6. The number of urea groups is 1. The molecule has 0 heterocycles. The summed E-state index contributed by atoms with van der Waals surface area (Å²) >= 11 is 0. The molecule has 0 fully saturated rings. The van der Waals surface area contributed by atoms with Gasteiger partial charge in [-0.1, -0.05) is 24.3 Å². The first-order valence-corrected chi connectivity index (χ1v) is 6.70. The van der Waals surface area contributed by atoms with E-state index < -0.39 is 17.8 Å². The average Bonchev–Trinajstić information content (AvgIpc) is 2.50. The Bertz CT molecular complexity index is 689. The fraction of sp³-hybridized carbons (Fsp3) is 0.125. The summed E-state index contributed by atoms with van der Waals surface area (Å²) < 4.78 is 18.4. The van der Waals surface area contributed by atoms with E-state index in [1.807, 2.05) is 0 Å². The molecular formula is C16H15FN2O3. The number of nitrogens with one attached hydrogen (secondary N) is 2. The van der Waals surface area contributed by atoms with Gasteiger partial charge in [-0.2, -0.15) is 0 Å². The highest BCUT2D eigenvalue weighted by atomic mass is 19.1. The second kappa shape index (κ2) is 7.21. The van der Waals surface area contributed by atoms with E-state index in [9.17, 15) is 14.0 Å². The van der Waals surface area contributed by atoms with Crippen LogP contribution in [0.3, 0.4) is 0 Å². The Balaban J connectivity index is 2.12. The fourth-order valence-electron chi connectivity index (χ4n) is 1.82. The lowest BCUT2D eigenvalue weighted by molar-refractivity contribution is 0.0527. The van der Waals surface area contributed by atoms with Crippen LogP contribution < -0.4 is 10.6 Å². The van der Waals surface area contributed by atoms with Crippen LogP contribution in [0.15, 0.2) is 48.5 Å². The first kappa shape index (κ1) is 15.5. The van der Waals surface area contributed by atoms with Gasteiger partial charge in [0.15, 0.2) is 0 Å². The summed E-state index contributed by atoms with van der Waals surface area (Å²) in [6.07, 6.45) is 0. The van der Waals surface area contributed by atoms with Crippen LogP contribution >= 0.6 is 0 Å². The maximum atomic E-state index is 13.5. The Kier molecular flexibility index (Phi) is 5.08. The minimum Gasteiger partial charge on any atom is -0.462 e. The third kappa shape index (κ3) is 3.82. The number of esters is 1. The lowest BCUT2D eigenvalue weighted by Gasteiger charge is -2.11. The Labute approximate surface area is 127 Å². The van der Waals surface area contributed by atoms with Crippen molar-refractivity contribution in [2.45, 2.75) is 6.92 Å². The van der Waals surface area contributed by atoms with E-state index in [0.29, 0.717) is 0 Å². The molecule has 0 saturated carbocycles. The molecule has 0 spiro atoms. The third-order valence-electron chi connectivity index (χ3n) is 2.79. The molecule has 0 aromatic heterocycles. The van der Waals surface area contributed by atoms with Crippen molar-refractivity contribution in [3.05, 3.63) is 59.9 Å². The van der Waals surface area contributed by atoms with Gasteiger partial charge in [0.05, 0.1) is 23.5 Å². The first-order valence-electron chi connectivity index (χ1n) is 6.70. The molecule has 2 amide bonds. The molecule has 0 radical (unpaired) electrons. The number of carbonyl (C=O) groups is 2. The van der Waals surface area contributed by atoms with E-state index >= 15 is 0 Å². The standard InChI is InChI=1S/C16H15FN2O3/c1-2-22-15(20)11-7-3-5-9-13(11)18-16(21)19-14-10-6-4-8-12(14)17/h3-10H,2H2,1H3,(H2,18,19,21). The van der Waals surface area contributed by atoms with E-state index in [1.165, 1.54) is 24.3 Å². The van der Waals surface area contributed by atoms with E-state index in [1.54, 1.807) is 31.2 Å². The molecule has 2 rings (SSSR count). The number of carbonyl (C=O) groups excluding carboxylic acids is 2. The van der Waals surface area contributed by atoms with Crippen molar-refractivity contribution in [3.8, 4) is 0 Å². The van der Waals surface area contributed by atoms with Crippen LogP contribution in [0.4, 0.5) is 20.6 Å². The van der Waals surface area contributed by atoms with Gasteiger partial charge in [0.2, 0.25) is 0 Å². The van der Waals surface area contributed by atoms with E-state index in [4.69, 9.17) is 4.74 Å². The number of amides is 2. The van der Waals surface area contributed by atoms with Crippen LogP contribution in [0.5, 0.6) is 0 Å². The average molecular weight is 302 g/mol. The highest BCUT2D eigenvalue weighted by Gasteiger charge is 2.14. The second-order valence-electron chi connectivity index (χ2n) is 4.33. The molecule has 0 saturated heterocycles. The van der Waals surface area contributed by atoms with Gasteiger partial charge in [0.25, 0.3) is 0 Å². The summed E-state index contributed by atoms with van der Waals surface area (Å²) in [5.74, 6) is -1.08. The summed E-state index contributed by atoms with van der Waals surface area (Å²) in [5.41, 5.74) is 0.566. The Hall–Kier alpha value is -2.89.